The number of carbonyl (C=O) groups is 3. The lowest BCUT2D eigenvalue weighted by molar-refractivity contribution is -0.142. The van der Waals surface area contributed by atoms with E-state index in [1.165, 1.54) is 6.33 Å². The van der Waals surface area contributed by atoms with Crippen LogP contribution in [0.3, 0.4) is 0 Å². The van der Waals surface area contributed by atoms with Crippen LogP contribution in [0.15, 0.2) is 12.5 Å². The van der Waals surface area contributed by atoms with Crippen LogP contribution in [0.5, 0.6) is 0 Å². The molecule has 7 N–H and O–H groups in total. The predicted molar refractivity (Wildman–Crippen MR) is 99.9 cm³/mol. The fourth-order valence-corrected chi connectivity index (χ4v) is 2.47. The van der Waals surface area contributed by atoms with Crippen LogP contribution in [-0.4, -0.2) is 64.6 Å². The Morgan fingerprint density at radius 1 is 1.26 bits per heavy atom. The Morgan fingerprint density at radius 3 is 2.63 bits per heavy atom. The lowest BCUT2D eigenvalue weighted by Gasteiger charge is -2.21. The van der Waals surface area contributed by atoms with Gasteiger partial charge in [0.05, 0.1) is 12.9 Å². The molecule has 0 bridgehead atoms. The number of carboxylic acids is 1. The molecule has 0 aromatic carbocycles. The van der Waals surface area contributed by atoms with Gasteiger partial charge in [-0.15, -0.1) is 0 Å². The number of carboxylic acid groups (broad SMARTS) is 1. The second-order valence-electron chi connectivity index (χ2n) is 6.26. The maximum absolute atomic E-state index is 12.6. The third-order valence-corrected chi connectivity index (χ3v) is 3.90. The molecule has 1 heterocycles. The number of unbranched alkanes of at least 4 members (excludes halogenated alkanes) is 1. The van der Waals surface area contributed by atoms with Crippen LogP contribution < -0.4 is 21.7 Å². The smallest absolute Gasteiger partial charge is 0.326 e. The molecule has 0 saturated carbocycles. The van der Waals surface area contributed by atoms with E-state index < -0.39 is 24.0 Å². The highest BCUT2D eigenvalue weighted by atomic mass is 16.4. The van der Waals surface area contributed by atoms with E-state index in [4.69, 9.17) is 5.73 Å². The first-order chi connectivity index (χ1) is 13.0. The highest BCUT2D eigenvalue weighted by Crippen LogP contribution is 2.04. The number of aromatic nitrogens is 2. The van der Waals surface area contributed by atoms with Gasteiger partial charge in [0.25, 0.3) is 0 Å². The minimum absolute atomic E-state index is 0.0828. The minimum atomic E-state index is -1.11. The average molecular weight is 382 g/mol. The van der Waals surface area contributed by atoms with Gasteiger partial charge in [-0.1, -0.05) is 6.92 Å². The topological polar surface area (TPSA) is 162 Å². The van der Waals surface area contributed by atoms with E-state index in [1.54, 1.807) is 6.20 Å². The summed E-state index contributed by atoms with van der Waals surface area (Å²) in [6.07, 6.45) is 5.64. The van der Waals surface area contributed by atoms with Crippen LogP contribution in [0.4, 0.5) is 0 Å². The molecule has 0 saturated heterocycles. The van der Waals surface area contributed by atoms with Crippen molar-refractivity contribution in [3.05, 3.63) is 18.2 Å². The number of hydrogen-bond donors (Lipinski definition) is 6. The molecule has 0 aliphatic heterocycles. The van der Waals surface area contributed by atoms with Gasteiger partial charge in [-0.05, 0) is 38.8 Å². The number of nitrogens with two attached hydrogens (primary N) is 1. The zero-order valence-electron chi connectivity index (χ0n) is 15.7. The van der Waals surface area contributed by atoms with Crippen molar-refractivity contribution in [1.82, 2.24) is 25.9 Å². The number of imidazole rings is 1. The Kier molecular flexibility index (Phi) is 10.7. The number of nitrogens with zero attached hydrogens (tertiary/aromatic N) is 1. The van der Waals surface area contributed by atoms with E-state index >= 15 is 0 Å². The molecule has 1 aromatic rings. The fourth-order valence-electron chi connectivity index (χ4n) is 2.47. The third kappa shape index (κ3) is 9.15. The quantitative estimate of drug-likeness (QED) is 0.228. The van der Waals surface area contributed by atoms with Crippen LogP contribution in [0.1, 0.15) is 38.3 Å². The zero-order valence-corrected chi connectivity index (χ0v) is 15.7. The molecule has 152 valence electrons. The van der Waals surface area contributed by atoms with Crippen molar-refractivity contribution in [1.29, 1.82) is 0 Å². The van der Waals surface area contributed by atoms with Gasteiger partial charge in [0, 0.05) is 18.3 Å². The van der Waals surface area contributed by atoms with Crippen molar-refractivity contribution in [2.75, 3.05) is 19.6 Å². The Balaban J connectivity index is 2.72. The number of amides is 2. The summed E-state index contributed by atoms with van der Waals surface area (Å²) in [7, 11) is 0. The van der Waals surface area contributed by atoms with Gasteiger partial charge in [-0.3, -0.25) is 9.59 Å². The fraction of sp³-hybridized carbons (Fsp3) is 0.647. The molecule has 27 heavy (non-hydrogen) atoms. The number of carbonyl (C=O) groups excluding carboxylic acids is 2. The second kappa shape index (κ2) is 12.8. The van der Waals surface area contributed by atoms with Crippen LogP contribution in [-0.2, 0) is 20.8 Å². The van der Waals surface area contributed by atoms with Gasteiger partial charge in [-0.25, -0.2) is 9.78 Å². The normalized spacial score (nSPS) is 13.0. The predicted octanol–water partition coefficient (Wildman–Crippen LogP) is -0.865. The SMILES string of the molecule is CCCNCC(=O)N[C@@H](Cc1cnc[nH]1)C(=O)N[C@@H](CCCCN)C(=O)O. The molecule has 10 heteroatoms. The number of nitrogens with one attached hydrogen (secondary N) is 4. The molecular weight excluding hydrogens is 352 g/mol. The molecule has 1 aromatic heterocycles. The molecule has 0 radical (unpaired) electrons. The standard InChI is InChI=1S/C17H30N6O4/c1-2-7-19-10-15(24)22-14(8-12-9-20-11-21-12)16(25)23-13(17(26)27)5-3-4-6-18/h9,11,13-14,19H,2-8,10,18H2,1H3,(H,20,21)(H,22,24)(H,23,25)(H,26,27)/t13-,14-/m0/s1. The van der Waals surface area contributed by atoms with Crippen molar-refractivity contribution < 1.29 is 19.5 Å². The van der Waals surface area contributed by atoms with E-state index in [0.29, 0.717) is 31.6 Å². The van der Waals surface area contributed by atoms with E-state index in [2.05, 4.69) is 25.9 Å². The summed E-state index contributed by atoms with van der Waals surface area (Å²) >= 11 is 0. The first-order valence-electron chi connectivity index (χ1n) is 9.18. The van der Waals surface area contributed by atoms with E-state index in [-0.39, 0.29) is 25.3 Å². The molecule has 0 aliphatic carbocycles. The summed E-state index contributed by atoms with van der Waals surface area (Å²) in [6.45, 7) is 3.21. The number of aromatic amines is 1. The monoisotopic (exact) mass is 382 g/mol. The van der Waals surface area contributed by atoms with Crippen LogP contribution in [0, 0.1) is 0 Å². The Bertz CT molecular complexity index is 578. The molecule has 2 atom stereocenters. The summed E-state index contributed by atoms with van der Waals surface area (Å²) in [5.41, 5.74) is 6.08. The summed E-state index contributed by atoms with van der Waals surface area (Å²) in [5.74, 6) is -2.00. The molecular formula is C17H30N6O4. The summed E-state index contributed by atoms with van der Waals surface area (Å²) < 4.78 is 0. The lowest BCUT2D eigenvalue weighted by Crippen LogP contribution is -2.53. The van der Waals surface area contributed by atoms with Gasteiger partial charge in [-0.2, -0.15) is 0 Å². The van der Waals surface area contributed by atoms with E-state index in [9.17, 15) is 19.5 Å². The maximum atomic E-state index is 12.6. The summed E-state index contributed by atoms with van der Waals surface area (Å²) in [5, 5.41) is 17.5. The summed E-state index contributed by atoms with van der Waals surface area (Å²) in [6, 6.07) is -1.93. The average Bonchev–Trinajstić information content (AvgIpc) is 3.13. The van der Waals surface area contributed by atoms with Crippen LogP contribution in [0.2, 0.25) is 0 Å². The second-order valence-corrected chi connectivity index (χ2v) is 6.26. The molecule has 0 aliphatic rings. The van der Waals surface area contributed by atoms with E-state index in [1.807, 2.05) is 6.92 Å². The largest absolute Gasteiger partial charge is 0.480 e. The lowest BCUT2D eigenvalue weighted by atomic mass is 10.1. The molecule has 2 amide bonds. The zero-order chi connectivity index (χ0) is 20.1. The number of H-pyrrole nitrogens is 1. The van der Waals surface area contributed by atoms with Crippen molar-refractivity contribution >= 4 is 17.8 Å². The van der Waals surface area contributed by atoms with Crippen molar-refractivity contribution in [3.8, 4) is 0 Å². The van der Waals surface area contributed by atoms with Crippen molar-refractivity contribution in [2.45, 2.75) is 51.1 Å². The molecule has 0 spiro atoms. The first kappa shape index (κ1) is 22.6. The van der Waals surface area contributed by atoms with Gasteiger partial charge < -0.3 is 31.8 Å². The Labute approximate surface area is 158 Å². The van der Waals surface area contributed by atoms with Crippen molar-refractivity contribution in [2.24, 2.45) is 5.73 Å². The minimum Gasteiger partial charge on any atom is -0.480 e. The van der Waals surface area contributed by atoms with E-state index in [0.717, 1.165) is 6.42 Å². The van der Waals surface area contributed by atoms with Gasteiger partial charge >= 0.3 is 5.97 Å². The first-order valence-corrected chi connectivity index (χ1v) is 9.18. The molecule has 0 unspecified atom stereocenters. The molecule has 0 fully saturated rings. The Hall–Kier alpha value is -2.46. The number of hydrogen-bond acceptors (Lipinski definition) is 6. The third-order valence-electron chi connectivity index (χ3n) is 3.90. The van der Waals surface area contributed by atoms with Crippen molar-refractivity contribution in [3.63, 3.8) is 0 Å². The molecule has 1 rings (SSSR count). The van der Waals surface area contributed by atoms with Crippen LogP contribution in [0.25, 0.3) is 0 Å². The highest BCUT2D eigenvalue weighted by molar-refractivity contribution is 5.91. The summed E-state index contributed by atoms with van der Waals surface area (Å²) in [4.78, 5) is 42.9. The van der Waals surface area contributed by atoms with Gasteiger partial charge in [0.1, 0.15) is 12.1 Å². The number of rotatable bonds is 14. The Morgan fingerprint density at radius 2 is 2.04 bits per heavy atom. The highest BCUT2D eigenvalue weighted by Gasteiger charge is 2.26. The number of aliphatic carboxylic acids is 1. The molecule has 10 nitrogen and oxygen atoms in total. The van der Waals surface area contributed by atoms with Gasteiger partial charge in [0.15, 0.2) is 0 Å². The van der Waals surface area contributed by atoms with Crippen LogP contribution >= 0.6 is 0 Å². The maximum Gasteiger partial charge on any atom is 0.326 e. The van der Waals surface area contributed by atoms with Gasteiger partial charge in [0.2, 0.25) is 11.8 Å².